The minimum atomic E-state index is -0.0350. The van der Waals surface area contributed by atoms with E-state index in [0.717, 1.165) is 29.8 Å². The van der Waals surface area contributed by atoms with Gasteiger partial charge in [0, 0.05) is 10.5 Å². The van der Waals surface area contributed by atoms with Crippen molar-refractivity contribution in [3.63, 3.8) is 0 Å². The molecule has 0 spiro atoms. The summed E-state index contributed by atoms with van der Waals surface area (Å²) < 4.78 is 5.54. The van der Waals surface area contributed by atoms with Gasteiger partial charge >= 0.3 is 5.97 Å². The molecular weight excluding hydrogens is 268 g/mol. The van der Waals surface area contributed by atoms with Crippen LogP contribution in [0.5, 0.6) is 5.75 Å². The molecule has 0 N–H and O–H groups in total. The first-order valence-electron chi connectivity index (χ1n) is 7.64. The van der Waals surface area contributed by atoms with Gasteiger partial charge in [-0.2, -0.15) is 11.8 Å². The standard InChI is InChI=1S/C17H22O2S/c1-3-11(2)12-4-7-14(8-5-12)19-17(18)13-6-9-15-16(10-13)20-15/h4-5,7-8,11,13,15-16H,3,6,9-10H2,1-2H3. The molecule has 1 aromatic rings. The summed E-state index contributed by atoms with van der Waals surface area (Å²) in [7, 11) is 0. The van der Waals surface area contributed by atoms with Gasteiger partial charge in [-0.25, -0.2) is 0 Å². The van der Waals surface area contributed by atoms with Crippen LogP contribution in [0, 0.1) is 5.92 Å². The Morgan fingerprint density at radius 2 is 2.05 bits per heavy atom. The largest absolute Gasteiger partial charge is 0.426 e. The first kappa shape index (κ1) is 14.0. The molecule has 2 fully saturated rings. The quantitative estimate of drug-likeness (QED) is 0.467. The van der Waals surface area contributed by atoms with Gasteiger partial charge in [0.05, 0.1) is 5.92 Å². The van der Waals surface area contributed by atoms with Crippen molar-refractivity contribution >= 4 is 17.7 Å². The summed E-state index contributed by atoms with van der Waals surface area (Å²) in [4.78, 5) is 12.2. The number of carbonyl (C=O) groups is 1. The van der Waals surface area contributed by atoms with Gasteiger partial charge in [0.1, 0.15) is 5.75 Å². The molecule has 0 radical (unpaired) electrons. The molecule has 1 saturated carbocycles. The van der Waals surface area contributed by atoms with Crippen molar-refractivity contribution in [2.75, 3.05) is 0 Å². The van der Waals surface area contributed by atoms with Crippen molar-refractivity contribution in [1.29, 1.82) is 0 Å². The Hall–Kier alpha value is -0.960. The van der Waals surface area contributed by atoms with Crippen molar-refractivity contribution in [2.45, 2.75) is 55.9 Å². The van der Waals surface area contributed by atoms with Gasteiger partial charge in [0.25, 0.3) is 0 Å². The monoisotopic (exact) mass is 290 g/mol. The SMILES string of the molecule is CCC(C)c1ccc(OC(=O)C2CCC3SC3C2)cc1. The van der Waals surface area contributed by atoms with Crippen LogP contribution < -0.4 is 4.74 Å². The number of hydrogen-bond acceptors (Lipinski definition) is 3. The first-order valence-corrected chi connectivity index (χ1v) is 8.58. The summed E-state index contributed by atoms with van der Waals surface area (Å²) in [5.74, 6) is 1.32. The van der Waals surface area contributed by atoms with Crippen molar-refractivity contribution in [2.24, 2.45) is 5.92 Å². The average Bonchev–Trinajstić information content (AvgIpc) is 3.25. The lowest BCUT2D eigenvalue weighted by atomic mass is 9.89. The summed E-state index contributed by atoms with van der Waals surface area (Å²) in [6.07, 6.45) is 4.32. The third-order valence-electron chi connectivity index (χ3n) is 4.62. The molecule has 1 aliphatic carbocycles. The van der Waals surface area contributed by atoms with E-state index in [1.54, 1.807) is 0 Å². The highest BCUT2D eigenvalue weighted by Gasteiger charge is 2.45. The smallest absolute Gasteiger partial charge is 0.314 e. The van der Waals surface area contributed by atoms with Crippen LogP contribution in [0.4, 0.5) is 0 Å². The van der Waals surface area contributed by atoms with E-state index in [9.17, 15) is 4.79 Å². The van der Waals surface area contributed by atoms with E-state index in [1.165, 1.54) is 12.0 Å². The molecule has 20 heavy (non-hydrogen) atoms. The number of thioether (sulfide) groups is 1. The highest BCUT2D eigenvalue weighted by atomic mass is 32.2. The third-order valence-corrected chi connectivity index (χ3v) is 6.09. The number of benzene rings is 1. The molecule has 0 bridgehead atoms. The van der Waals surface area contributed by atoms with E-state index in [1.807, 2.05) is 23.9 Å². The Morgan fingerprint density at radius 1 is 1.30 bits per heavy atom. The Labute approximate surface area is 125 Å². The number of hydrogen-bond donors (Lipinski definition) is 0. The zero-order valence-corrected chi connectivity index (χ0v) is 13.0. The molecule has 4 unspecified atom stereocenters. The van der Waals surface area contributed by atoms with Crippen LogP contribution in [-0.4, -0.2) is 16.5 Å². The van der Waals surface area contributed by atoms with Gasteiger partial charge in [-0.1, -0.05) is 26.0 Å². The summed E-state index contributed by atoms with van der Waals surface area (Å²) >= 11 is 2.03. The molecule has 3 heteroatoms. The molecule has 1 saturated heterocycles. The first-order chi connectivity index (χ1) is 9.67. The maximum Gasteiger partial charge on any atom is 0.314 e. The van der Waals surface area contributed by atoms with Crippen LogP contribution in [-0.2, 0) is 4.79 Å². The van der Waals surface area contributed by atoms with Crippen molar-refractivity contribution in [1.82, 2.24) is 0 Å². The van der Waals surface area contributed by atoms with Crippen molar-refractivity contribution in [3.8, 4) is 5.75 Å². The maximum absolute atomic E-state index is 12.2. The summed E-state index contributed by atoms with van der Waals surface area (Å²) in [5, 5.41) is 1.57. The maximum atomic E-state index is 12.2. The summed E-state index contributed by atoms with van der Waals surface area (Å²) in [6, 6.07) is 8.00. The summed E-state index contributed by atoms with van der Waals surface area (Å²) in [6.45, 7) is 4.40. The lowest BCUT2D eigenvalue weighted by Gasteiger charge is -2.18. The number of rotatable bonds is 4. The second kappa shape index (κ2) is 5.80. The van der Waals surface area contributed by atoms with E-state index in [0.29, 0.717) is 11.7 Å². The van der Waals surface area contributed by atoms with Gasteiger partial charge in [0.2, 0.25) is 0 Å². The topological polar surface area (TPSA) is 26.3 Å². The van der Waals surface area contributed by atoms with Crippen LogP contribution >= 0.6 is 11.8 Å². The van der Waals surface area contributed by atoms with E-state index < -0.39 is 0 Å². The molecule has 2 nitrogen and oxygen atoms in total. The number of carbonyl (C=O) groups excluding carboxylic acids is 1. The lowest BCUT2D eigenvalue weighted by Crippen LogP contribution is -2.25. The fraction of sp³-hybridized carbons (Fsp3) is 0.588. The zero-order chi connectivity index (χ0) is 14.1. The van der Waals surface area contributed by atoms with Gasteiger partial charge in [-0.15, -0.1) is 0 Å². The third kappa shape index (κ3) is 3.03. The van der Waals surface area contributed by atoms with Crippen LogP contribution in [0.3, 0.4) is 0 Å². The Bertz CT molecular complexity index is 482. The summed E-state index contributed by atoms with van der Waals surface area (Å²) in [5.41, 5.74) is 1.31. The average molecular weight is 290 g/mol. The van der Waals surface area contributed by atoms with Crippen LogP contribution in [0.15, 0.2) is 24.3 Å². The van der Waals surface area contributed by atoms with E-state index in [4.69, 9.17) is 4.74 Å². The van der Waals surface area contributed by atoms with Gasteiger partial charge < -0.3 is 4.74 Å². The normalized spacial score (nSPS) is 29.4. The van der Waals surface area contributed by atoms with E-state index in [-0.39, 0.29) is 11.9 Å². The minimum absolute atomic E-state index is 0.0350. The fourth-order valence-electron chi connectivity index (χ4n) is 2.92. The molecule has 1 heterocycles. The Balaban J connectivity index is 1.58. The molecule has 1 aliphatic heterocycles. The second-order valence-electron chi connectivity index (χ2n) is 6.02. The van der Waals surface area contributed by atoms with Crippen molar-refractivity contribution < 1.29 is 9.53 Å². The van der Waals surface area contributed by atoms with Crippen LogP contribution in [0.2, 0.25) is 0 Å². The molecule has 4 atom stereocenters. The molecule has 0 amide bonds. The van der Waals surface area contributed by atoms with E-state index >= 15 is 0 Å². The van der Waals surface area contributed by atoms with Gasteiger partial charge in [-0.05, 0) is 49.3 Å². The minimum Gasteiger partial charge on any atom is -0.426 e. The lowest BCUT2D eigenvalue weighted by molar-refractivity contribution is -0.139. The van der Waals surface area contributed by atoms with Crippen LogP contribution in [0.25, 0.3) is 0 Å². The van der Waals surface area contributed by atoms with Crippen LogP contribution in [0.1, 0.15) is 51.0 Å². The van der Waals surface area contributed by atoms with Gasteiger partial charge in [-0.3, -0.25) is 4.79 Å². The Kier molecular flexibility index (Phi) is 4.06. The highest BCUT2D eigenvalue weighted by molar-refractivity contribution is 8.07. The fourth-order valence-corrected chi connectivity index (χ4v) is 4.14. The number of esters is 1. The molecule has 0 aromatic heterocycles. The Morgan fingerprint density at radius 3 is 2.70 bits per heavy atom. The zero-order valence-electron chi connectivity index (χ0n) is 12.2. The molecule has 2 aliphatic rings. The molecule has 3 rings (SSSR count). The van der Waals surface area contributed by atoms with Gasteiger partial charge in [0.15, 0.2) is 0 Å². The predicted molar refractivity (Wildman–Crippen MR) is 83.3 cm³/mol. The second-order valence-corrected chi connectivity index (χ2v) is 7.51. The van der Waals surface area contributed by atoms with Crippen molar-refractivity contribution in [3.05, 3.63) is 29.8 Å². The predicted octanol–water partition coefficient (Wildman–Crippen LogP) is 4.39. The highest BCUT2D eigenvalue weighted by Crippen LogP contribution is 2.52. The molecule has 1 aromatic carbocycles. The van der Waals surface area contributed by atoms with E-state index in [2.05, 4.69) is 26.0 Å². The molecule has 108 valence electrons. The number of ether oxygens (including phenoxy) is 1. The molecular formula is C17H22O2S. The number of fused-ring (bicyclic) bond motifs is 1.